The molecule has 0 saturated heterocycles. The smallest absolute Gasteiger partial charge is 0.338 e. The van der Waals surface area contributed by atoms with Crippen LogP contribution in [0, 0.1) is 0 Å². The van der Waals surface area contributed by atoms with Crippen molar-refractivity contribution in [3.63, 3.8) is 0 Å². The highest BCUT2D eigenvalue weighted by molar-refractivity contribution is 5.75. The molecule has 0 aliphatic carbocycles. The number of esters is 1. The van der Waals surface area contributed by atoms with Crippen molar-refractivity contribution in [1.29, 1.82) is 0 Å². The van der Waals surface area contributed by atoms with Gasteiger partial charge in [0.1, 0.15) is 6.10 Å². The van der Waals surface area contributed by atoms with Gasteiger partial charge < -0.3 is 14.6 Å². The number of methoxy groups -OCH3 is 1. The summed E-state index contributed by atoms with van der Waals surface area (Å²) in [4.78, 5) is 12.0. The molecule has 1 rings (SSSR count). The Balaban J connectivity index is 2.52. The van der Waals surface area contributed by atoms with Crippen LogP contribution in [0.2, 0.25) is 0 Å². The van der Waals surface area contributed by atoms with Crippen LogP contribution in [0.15, 0.2) is 30.3 Å². The molecule has 0 unspecified atom stereocenters. The monoisotopic (exact) mass is 294 g/mol. The number of ether oxygens (including phenoxy) is 2. The quantitative estimate of drug-likeness (QED) is 0.712. The van der Waals surface area contributed by atoms with Gasteiger partial charge in [-0.25, -0.2) is 4.79 Å². The molecule has 4 nitrogen and oxygen atoms in total. The van der Waals surface area contributed by atoms with E-state index in [9.17, 15) is 9.90 Å². The fraction of sp³-hybridized carbons (Fsp3) is 0.588. The van der Waals surface area contributed by atoms with E-state index in [-0.39, 0.29) is 6.10 Å². The fourth-order valence-corrected chi connectivity index (χ4v) is 2.21. The molecule has 21 heavy (non-hydrogen) atoms. The molecule has 0 radical (unpaired) electrons. The van der Waals surface area contributed by atoms with Crippen LogP contribution in [0.5, 0.6) is 0 Å². The number of benzene rings is 1. The highest BCUT2D eigenvalue weighted by atomic mass is 16.6. The molecule has 0 amide bonds. The van der Waals surface area contributed by atoms with Gasteiger partial charge in [0.25, 0.3) is 0 Å². The average molecular weight is 294 g/mol. The van der Waals surface area contributed by atoms with Crippen LogP contribution in [0.25, 0.3) is 0 Å². The number of aliphatic hydroxyl groups excluding tert-OH is 1. The molecular formula is C17H26O4. The Kier molecular flexibility index (Phi) is 8.01. The molecule has 1 aromatic carbocycles. The number of carbonyl (C=O) groups is 1. The van der Waals surface area contributed by atoms with Crippen molar-refractivity contribution < 1.29 is 19.4 Å². The molecule has 1 aromatic rings. The maximum Gasteiger partial charge on any atom is 0.338 e. The first-order valence-electron chi connectivity index (χ1n) is 7.57. The van der Waals surface area contributed by atoms with E-state index in [1.807, 2.05) is 44.2 Å². The van der Waals surface area contributed by atoms with E-state index in [2.05, 4.69) is 0 Å². The largest absolute Gasteiger partial charge is 0.460 e. The lowest BCUT2D eigenvalue weighted by Crippen LogP contribution is -2.39. The van der Waals surface area contributed by atoms with Crippen LogP contribution in [-0.4, -0.2) is 36.5 Å². The summed E-state index contributed by atoms with van der Waals surface area (Å²) >= 11 is 0. The van der Waals surface area contributed by atoms with Crippen LogP contribution in [0.4, 0.5) is 0 Å². The van der Waals surface area contributed by atoms with Gasteiger partial charge in [0.15, 0.2) is 6.10 Å². The second-order valence-electron chi connectivity index (χ2n) is 5.12. The van der Waals surface area contributed by atoms with Crippen molar-refractivity contribution in [1.82, 2.24) is 0 Å². The summed E-state index contributed by atoms with van der Waals surface area (Å²) in [5.74, 6) is -0.480. The minimum Gasteiger partial charge on any atom is -0.460 e. The second-order valence-corrected chi connectivity index (χ2v) is 5.12. The Labute approximate surface area is 127 Å². The van der Waals surface area contributed by atoms with Crippen LogP contribution >= 0.6 is 0 Å². The predicted molar refractivity (Wildman–Crippen MR) is 82.0 cm³/mol. The van der Waals surface area contributed by atoms with Crippen molar-refractivity contribution >= 4 is 5.97 Å². The van der Waals surface area contributed by atoms with Crippen molar-refractivity contribution in [2.24, 2.45) is 0 Å². The van der Waals surface area contributed by atoms with Crippen molar-refractivity contribution in [2.75, 3.05) is 7.11 Å². The lowest BCUT2D eigenvalue weighted by molar-refractivity contribution is -0.168. The van der Waals surface area contributed by atoms with E-state index >= 15 is 0 Å². The standard InChI is InChI=1S/C17H26O4/c1-4-14(5-2)21-17(19)16(20-3)15(18)12-11-13-9-7-6-8-10-13/h6-10,14-16,18H,4-5,11-12H2,1-3H3/t15-,16-/m0/s1. The van der Waals surface area contributed by atoms with Crippen molar-refractivity contribution in [3.8, 4) is 0 Å². The molecule has 0 aliphatic heterocycles. The third-order valence-corrected chi connectivity index (χ3v) is 3.60. The lowest BCUT2D eigenvalue weighted by atomic mass is 10.0. The Hall–Kier alpha value is -1.39. The third kappa shape index (κ3) is 5.86. The van der Waals surface area contributed by atoms with Gasteiger partial charge in [-0.05, 0) is 31.2 Å². The van der Waals surface area contributed by atoms with E-state index in [0.717, 1.165) is 18.4 Å². The molecule has 0 fully saturated rings. The topological polar surface area (TPSA) is 55.8 Å². The zero-order valence-electron chi connectivity index (χ0n) is 13.1. The van der Waals surface area contributed by atoms with Gasteiger partial charge in [-0.1, -0.05) is 44.2 Å². The summed E-state index contributed by atoms with van der Waals surface area (Å²) in [5, 5.41) is 10.2. The SMILES string of the molecule is CCC(CC)OC(=O)[C@@H](OC)[C@@H](O)CCc1ccccc1. The minimum absolute atomic E-state index is 0.114. The summed E-state index contributed by atoms with van der Waals surface area (Å²) in [5.41, 5.74) is 1.12. The van der Waals surface area contributed by atoms with Gasteiger partial charge in [-0.15, -0.1) is 0 Å². The third-order valence-electron chi connectivity index (χ3n) is 3.60. The van der Waals surface area contributed by atoms with Crippen LogP contribution in [-0.2, 0) is 20.7 Å². The number of aliphatic hydroxyl groups is 1. The Morgan fingerprint density at radius 1 is 1.19 bits per heavy atom. The van der Waals surface area contributed by atoms with Gasteiger partial charge in [-0.3, -0.25) is 0 Å². The van der Waals surface area contributed by atoms with E-state index in [1.165, 1.54) is 7.11 Å². The average Bonchev–Trinajstić information content (AvgIpc) is 2.52. The molecule has 0 aliphatic rings. The molecule has 4 heteroatoms. The van der Waals surface area contributed by atoms with E-state index < -0.39 is 18.2 Å². The maximum absolute atomic E-state index is 12.0. The van der Waals surface area contributed by atoms with E-state index in [1.54, 1.807) is 0 Å². The van der Waals surface area contributed by atoms with Gasteiger partial charge >= 0.3 is 5.97 Å². The zero-order valence-corrected chi connectivity index (χ0v) is 13.1. The van der Waals surface area contributed by atoms with Crippen molar-refractivity contribution in [2.45, 2.75) is 57.8 Å². The van der Waals surface area contributed by atoms with Crippen molar-refractivity contribution in [3.05, 3.63) is 35.9 Å². The number of hydrogen-bond acceptors (Lipinski definition) is 4. The highest BCUT2D eigenvalue weighted by Gasteiger charge is 2.29. The molecule has 0 bridgehead atoms. The Morgan fingerprint density at radius 3 is 2.33 bits per heavy atom. The van der Waals surface area contributed by atoms with Crippen LogP contribution in [0.1, 0.15) is 38.7 Å². The molecular weight excluding hydrogens is 268 g/mol. The molecule has 0 aromatic heterocycles. The highest BCUT2D eigenvalue weighted by Crippen LogP contribution is 2.13. The molecule has 0 spiro atoms. The van der Waals surface area contributed by atoms with Gasteiger partial charge in [0, 0.05) is 7.11 Å². The number of hydrogen-bond donors (Lipinski definition) is 1. The summed E-state index contributed by atoms with van der Waals surface area (Å²) < 4.78 is 10.5. The fourth-order valence-electron chi connectivity index (χ4n) is 2.21. The van der Waals surface area contributed by atoms with Crippen LogP contribution < -0.4 is 0 Å². The first-order valence-corrected chi connectivity index (χ1v) is 7.57. The van der Waals surface area contributed by atoms with Crippen LogP contribution in [0.3, 0.4) is 0 Å². The molecule has 2 atom stereocenters. The normalized spacial score (nSPS) is 14.0. The second kappa shape index (κ2) is 9.53. The molecule has 118 valence electrons. The first kappa shape index (κ1) is 17.7. The molecule has 1 N–H and O–H groups in total. The summed E-state index contributed by atoms with van der Waals surface area (Å²) in [6.45, 7) is 3.93. The first-order chi connectivity index (χ1) is 10.1. The van der Waals surface area contributed by atoms with Gasteiger partial charge in [-0.2, -0.15) is 0 Å². The number of carbonyl (C=O) groups excluding carboxylic acids is 1. The maximum atomic E-state index is 12.0. The van der Waals surface area contributed by atoms with E-state index in [4.69, 9.17) is 9.47 Å². The summed E-state index contributed by atoms with van der Waals surface area (Å²) in [6.07, 6.45) is 0.779. The number of rotatable bonds is 9. The van der Waals surface area contributed by atoms with E-state index in [0.29, 0.717) is 12.8 Å². The Morgan fingerprint density at radius 2 is 1.81 bits per heavy atom. The minimum atomic E-state index is -0.922. The molecule has 0 heterocycles. The van der Waals surface area contributed by atoms with Gasteiger partial charge in [0.05, 0.1) is 6.10 Å². The summed E-state index contributed by atoms with van der Waals surface area (Å²) in [7, 11) is 1.42. The molecule has 0 saturated carbocycles. The Bertz CT molecular complexity index is 401. The number of aryl methyl sites for hydroxylation is 1. The zero-order chi connectivity index (χ0) is 15.7. The predicted octanol–water partition coefficient (Wildman–Crippen LogP) is 2.73. The summed E-state index contributed by atoms with van der Waals surface area (Å²) in [6, 6.07) is 9.85. The lowest BCUT2D eigenvalue weighted by Gasteiger charge is -2.23. The van der Waals surface area contributed by atoms with Gasteiger partial charge in [0.2, 0.25) is 0 Å².